The molecule has 0 aliphatic carbocycles. The predicted molar refractivity (Wildman–Crippen MR) is 57.4 cm³/mol. The first-order valence-electron chi connectivity index (χ1n) is 4.92. The Balaban J connectivity index is 2.49. The lowest BCUT2D eigenvalue weighted by Crippen LogP contribution is -1.91. The fraction of sp³-hybridized carbons (Fsp3) is 0.250. The Labute approximate surface area is 87.1 Å². The van der Waals surface area contributed by atoms with E-state index in [-0.39, 0.29) is 5.82 Å². The molecule has 0 radical (unpaired) electrons. The Hall–Kier alpha value is -1.64. The molecule has 78 valence electrons. The van der Waals surface area contributed by atoms with Crippen molar-refractivity contribution < 1.29 is 9.18 Å². The third-order valence-electron chi connectivity index (χ3n) is 2.48. The van der Waals surface area contributed by atoms with Crippen molar-refractivity contribution in [2.24, 2.45) is 0 Å². The number of hydrogen-bond donors (Lipinski definition) is 1. The van der Waals surface area contributed by atoms with Crippen LogP contribution in [-0.2, 0) is 11.2 Å². The molecule has 2 aromatic rings. The van der Waals surface area contributed by atoms with Crippen LogP contribution < -0.4 is 0 Å². The molecule has 0 spiro atoms. The van der Waals surface area contributed by atoms with Crippen molar-refractivity contribution in [2.45, 2.75) is 19.8 Å². The number of carbonyl (C=O) groups excluding carboxylic acids is 1. The number of nitrogens with one attached hydrogen (secondary N) is 1. The molecule has 1 N–H and O–H groups in total. The molecule has 0 atom stereocenters. The average molecular weight is 205 g/mol. The quantitative estimate of drug-likeness (QED) is 0.768. The first-order chi connectivity index (χ1) is 7.22. The van der Waals surface area contributed by atoms with Gasteiger partial charge in [0.25, 0.3) is 0 Å². The molecular weight excluding hydrogens is 193 g/mol. The van der Waals surface area contributed by atoms with Crippen molar-refractivity contribution in [3.05, 3.63) is 35.3 Å². The summed E-state index contributed by atoms with van der Waals surface area (Å²) in [5.41, 5.74) is 2.35. The summed E-state index contributed by atoms with van der Waals surface area (Å²) in [6.45, 7) is 1.89. The molecule has 1 aromatic heterocycles. The maximum atomic E-state index is 13.9. The van der Waals surface area contributed by atoms with Crippen molar-refractivity contribution in [1.29, 1.82) is 0 Å². The van der Waals surface area contributed by atoms with Crippen molar-refractivity contribution in [3.63, 3.8) is 0 Å². The maximum Gasteiger partial charge on any atom is 0.135 e. The Kier molecular flexibility index (Phi) is 2.54. The number of H-pyrrole nitrogens is 1. The van der Waals surface area contributed by atoms with Gasteiger partial charge < -0.3 is 9.78 Å². The number of hydrogen-bond acceptors (Lipinski definition) is 1. The fourth-order valence-electron chi connectivity index (χ4n) is 1.76. The number of benzene rings is 1. The molecule has 2 nitrogen and oxygen atoms in total. The number of aromatic nitrogens is 1. The van der Waals surface area contributed by atoms with Crippen molar-refractivity contribution in [3.8, 4) is 0 Å². The van der Waals surface area contributed by atoms with E-state index in [4.69, 9.17) is 0 Å². The molecule has 0 amide bonds. The van der Waals surface area contributed by atoms with E-state index < -0.39 is 0 Å². The zero-order chi connectivity index (χ0) is 10.8. The summed E-state index contributed by atoms with van der Waals surface area (Å²) < 4.78 is 13.9. The second-order valence-corrected chi connectivity index (χ2v) is 3.66. The van der Waals surface area contributed by atoms with E-state index in [1.165, 1.54) is 0 Å². The number of aromatic amines is 1. The first kappa shape index (κ1) is 9.90. The van der Waals surface area contributed by atoms with E-state index in [1.54, 1.807) is 12.1 Å². The van der Waals surface area contributed by atoms with E-state index in [9.17, 15) is 9.18 Å². The van der Waals surface area contributed by atoms with Gasteiger partial charge >= 0.3 is 0 Å². The summed E-state index contributed by atoms with van der Waals surface area (Å²) in [4.78, 5) is 13.3. The van der Waals surface area contributed by atoms with Gasteiger partial charge in [-0.1, -0.05) is 6.07 Å². The molecule has 0 saturated heterocycles. The van der Waals surface area contributed by atoms with Crippen LogP contribution in [-0.4, -0.2) is 11.3 Å². The minimum absolute atomic E-state index is 0.210. The highest BCUT2D eigenvalue weighted by atomic mass is 19.1. The molecule has 0 aliphatic rings. The average Bonchev–Trinajstić information content (AvgIpc) is 2.59. The van der Waals surface area contributed by atoms with Crippen molar-refractivity contribution >= 4 is 17.2 Å². The van der Waals surface area contributed by atoms with Gasteiger partial charge in [0.15, 0.2) is 0 Å². The van der Waals surface area contributed by atoms with Gasteiger partial charge in [-0.2, -0.15) is 0 Å². The Bertz CT molecular complexity index is 502. The van der Waals surface area contributed by atoms with Gasteiger partial charge in [0.2, 0.25) is 0 Å². The molecule has 3 heteroatoms. The Morgan fingerprint density at radius 3 is 3.00 bits per heavy atom. The van der Waals surface area contributed by atoms with Gasteiger partial charge in [-0.25, -0.2) is 4.39 Å². The van der Waals surface area contributed by atoms with E-state index in [0.717, 1.165) is 17.5 Å². The van der Waals surface area contributed by atoms with Crippen LogP contribution in [0.3, 0.4) is 0 Å². The standard InChI is InChI=1S/C12H12FNO/c1-8-7-10-11(14-8)5-4-9(12(10)13)3-2-6-15/h4-7,14H,2-3H2,1H3. The third-order valence-corrected chi connectivity index (χ3v) is 2.48. The highest BCUT2D eigenvalue weighted by molar-refractivity contribution is 5.82. The zero-order valence-corrected chi connectivity index (χ0v) is 8.51. The van der Waals surface area contributed by atoms with Gasteiger partial charge in [-0.15, -0.1) is 0 Å². The number of aldehydes is 1. The number of aryl methyl sites for hydroxylation is 2. The van der Waals surface area contributed by atoms with Crippen LogP contribution in [0.5, 0.6) is 0 Å². The predicted octanol–water partition coefficient (Wildman–Crippen LogP) is 2.75. The lowest BCUT2D eigenvalue weighted by atomic mass is 10.1. The highest BCUT2D eigenvalue weighted by Gasteiger charge is 2.08. The lowest BCUT2D eigenvalue weighted by Gasteiger charge is -2.01. The molecule has 0 saturated carbocycles. The largest absolute Gasteiger partial charge is 0.359 e. The molecule has 0 unspecified atom stereocenters. The fourth-order valence-corrected chi connectivity index (χ4v) is 1.76. The lowest BCUT2D eigenvalue weighted by molar-refractivity contribution is -0.107. The second-order valence-electron chi connectivity index (χ2n) is 3.66. The highest BCUT2D eigenvalue weighted by Crippen LogP contribution is 2.22. The summed E-state index contributed by atoms with van der Waals surface area (Å²) in [6, 6.07) is 5.37. The third kappa shape index (κ3) is 1.77. The maximum absolute atomic E-state index is 13.9. The van der Waals surface area contributed by atoms with Crippen LogP contribution in [0.2, 0.25) is 0 Å². The summed E-state index contributed by atoms with van der Waals surface area (Å²) in [5, 5.41) is 0.607. The summed E-state index contributed by atoms with van der Waals surface area (Å²) >= 11 is 0. The normalized spacial score (nSPS) is 10.8. The van der Waals surface area contributed by atoms with Gasteiger partial charge in [0, 0.05) is 23.0 Å². The molecule has 2 rings (SSSR count). The van der Waals surface area contributed by atoms with Gasteiger partial charge in [-0.05, 0) is 31.0 Å². The number of carbonyl (C=O) groups is 1. The SMILES string of the molecule is Cc1cc2c(F)c(CCC=O)ccc2[nH]1. The van der Waals surface area contributed by atoms with Crippen LogP contribution in [0, 0.1) is 12.7 Å². The topological polar surface area (TPSA) is 32.9 Å². The van der Waals surface area contributed by atoms with Crippen LogP contribution in [0.15, 0.2) is 18.2 Å². The molecule has 0 aliphatic heterocycles. The minimum atomic E-state index is -0.210. The number of fused-ring (bicyclic) bond motifs is 1. The number of halogens is 1. The molecule has 0 bridgehead atoms. The van der Waals surface area contributed by atoms with Crippen molar-refractivity contribution in [2.75, 3.05) is 0 Å². The van der Waals surface area contributed by atoms with Gasteiger partial charge in [0.1, 0.15) is 12.1 Å². The molecule has 15 heavy (non-hydrogen) atoms. The van der Waals surface area contributed by atoms with E-state index in [0.29, 0.717) is 23.8 Å². The molecule has 1 heterocycles. The summed E-state index contributed by atoms with van der Waals surface area (Å²) in [7, 11) is 0. The summed E-state index contributed by atoms with van der Waals surface area (Å²) in [6.07, 6.45) is 1.65. The Morgan fingerprint density at radius 1 is 1.47 bits per heavy atom. The second kappa shape index (κ2) is 3.85. The molecule has 0 fully saturated rings. The monoisotopic (exact) mass is 205 g/mol. The summed E-state index contributed by atoms with van der Waals surface area (Å²) in [5.74, 6) is -0.210. The number of rotatable bonds is 3. The van der Waals surface area contributed by atoms with E-state index >= 15 is 0 Å². The van der Waals surface area contributed by atoms with Gasteiger partial charge in [-0.3, -0.25) is 0 Å². The van der Waals surface area contributed by atoms with E-state index in [2.05, 4.69) is 4.98 Å². The first-order valence-corrected chi connectivity index (χ1v) is 4.92. The van der Waals surface area contributed by atoms with Gasteiger partial charge in [0.05, 0.1) is 0 Å². The van der Waals surface area contributed by atoms with Crippen LogP contribution >= 0.6 is 0 Å². The minimum Gasteiger partial charge on any atom is -0.359 e. The molecule has 1 aromatic carbocycles. The van der Waals surface area contributed by atoms with Crippen molar-refractivity contribution in [1.82, 2.24) is 4.98 Å². The van der Waals surface area contributed by atoms with E-state index in [1.807, 2.05) is 13.0 Å². The van der Waals surface area contributed by atoms with Crippen LogP contribution in [0.25, 0.3) is 10.9 Å². The molecular formula is C12H12FNO. The Morgan fingerprint density at radius 2 is 2.27 bits per heavy atom. The smallest absolute Gasteiger partial charge is 0.135 e. The zero-order valence-electron chi connectivity index (χ0n) is 8.51. The van der Waals surface area contributed by atoms with Crippen LogP contribution in [0.4, 0.5) is 4.39 Å². The van der Waals surface area contributed by atoms with Crippen LogP contribution in [0.1, 0.15) is 17.7 Å².